The molecule has 0 N–H and O–H groups in total. The van der Waals surface area contributed by atoms with Crippen LogP contribution < -0.4 is 0 Å². The highest BCUT2D eigenvalue weighted by molar-refractivity contribution is 7.86. The molecule has 0 saturated heterocycles. The van der Waals surface area contributed by atoms with Gasteiger partial charge in [0.1, 0.15) is 0 Å². The minimum atomic E-state index is -0.956. The lowest BCUT2D eigenvalue weighted by Gasteiger charge is -2.34. The van der Waals surface area contributed by atoms with Crippen molar-refractivity contribution in [2.75, 3.05) is 0 Å². The summed E-state index contributed by atoms with van der Waals surface area (Å²) in [6, 6.07) is 38.2. The molecule has 0 fully saturated rings. The third kappa shape index (κ3) is 3.74. The summed E-state index contributed by atoms with van der Waals surface area (Å²) in [6.07, 6.45) is 0. The molecule has 2 aliphatic rings. The van der Waals surface area contributed by atoms with Crippen LogP contribution in [0.15, 0.2) is 119 Å². The fraction of sp³-hybridized carbons (Fsp3) is 0.111. The summed E-state index contributed by atoms with van der Waals surface area (Å²) in [5, 5.41) is 0. The van der Waals surface area contributed by atoms with Gasteiger partial charge in [-0.2, -0.15) is 0 Å². The van der Waals surface area contributed by atoms with E-state index >= 15 is 0 Å². The second-order valence-corrected chi connectivity index (χ2v) is 9.10. The molecule has 4 aromatic rings. The fourth-order valence-corrected chi connectivity index (χ4v) is 5.27. The summed E-state index contributed by atoms with van der Waals surface area (Å²) in [4.78, 5) is 4.40. The van der Waals surface area contributed by atoms with Crippen LogP contribution in [0.1, 0.15) is 28.3 Å². The first-order valence-corrected chi connectivity index (χ1v) is 11.4. The average molecular weight is 410 g/mol. The molecule has 6 rings (SSSR count). The van der Waals surface area contributed by atoms with Gasteiger partial charge in [0.15, 0.2) is 0 Å². The molecule has 4 aromatic carbocycles. The predicted octanol–water partition coefficient (Wildman–Crippen LogP) is 5.96. The lowest BCUT2D eigenvalue weighted by molar-refractivity contribution is 0.205. The Hall–Kier alpha value is -3.01. The van der Waals surface area contributed by atoms with Crippen molar-refractivity contribution < 1.29 is 4.21 Å². The number of nitrogens with zero attached hydrogens (tertiary/aromatic N) is 1. The molecule has 0 radical (unpaired) electrons. The topological polar surface area (TPSA) is 20.3 Å². The van der Waals surface area contributed by atoms with Gasteiger partial charge in [-0.05, 0) is 34.4 Å². The minimum absolute atomic E-state index is 0.105. The average Bonchev–Trinajstić information content (AvgIpc) is 2.81. The maximum atomic E-state index is 12.4. The van der Waals surface area contributed by atoms with E-state index in [0.717, 1.165) is 28.4 Å². The number of fused-ring (bicyclic) bond motifs is 2. The van der Waals surface area contributed by atoms with Crippen LogP contribution in [-0.2, 0) is 23.9 Å². The molecule has 3 heteroatoms. The van der Waals surface area contributed by atoms with Gasteiger partial charge in [0.05, 0.1) is 16.8 Å². The smallest absolute Gasteiger partial charge is 0.0853 e. The van der Waals surface area contributed by atoms with Gasteiger partial charge in [-0.25, -0.2) is 4.21 Å². The summed E-state index contributed by atoms with van der Waals surface area (Å²) in [5.74, 6) is 0. The zero-order chi connectivity index (χ0) is 20.3. The minimum Gasteiger partial charge on any atom is -0.284 e. The van der Waals surface area contributed by atoms with Gasteiger partial charge in [0.25, 0.3) is 0 Å². The standard InChI is InChI=1S/C27H23NOS/c29-30-25-17-16-24(26(30)18-25)20-28(19-21-10-4-1-5-11-21)27(22-12-6-2-7-13-22)23-14-8-3-9-15-23/h1-18,27H,19-20H2. The summed E-state index contributed by atoms with van der Waals surface area (Å²) in [6.45, 7) is 1.55. The van der Waals surface area contributed by atoms with Crippen molar-refractivity contribution >= 4 is 10.8 Å². The molecule has 2 bridgehead atoms. The van der Waals surface area contributed by atoms with Crippen molar-refractivity contribution in [2.24, 2.45) is 0 Å². The lowest BCUT2D eigenvalue weighted by atomic mass is 9.95. The van der Waals surface area contributed by atoms with Crippen LogP contribution >= 0.6 is 0 Å². The van der Waals surface area contributed by atoms with Crippen molar-refractivity contribution in [3.63, 3.8) is 0 Å². The van der Waals surface area contributed by atoms with Gasteiger partial charge < -0.3 is 0 Å². The van der Waals surface area contributed by atoms with Crippen LogP contribution in [0.3, 0.4) is 0 Å². The third-order valence-electron chi connectivity index (χ3n) is 5.65. The second kappa shape index (κ2) is 8.39. The van der Waals surface area contributed by atoms with Crippen LogP contribution in [0, 0.1) is 0 Å². The van der Waals surface area contributed by atoms with E-state index in [-0.39, 0.29) is 6.04 Å². The van der Waals surface area contributed by atoms with E-state index in [1.165, 1.54) is 16.7 Å². The highest BCUT2D eigenvalue weighted by Crippen LogP contribution is 2.36. The molecular weight excluding hydrogens is 386 g/mol. The Bertz CT molecular complexity index is 1120. The lowest BCUT2D eigenvalue weighted by Crippen LogP contribution is -2.30. The summed E-state index contributed by atoms with van der Waals surface area (Å²) in [5.41, 5.74) is 4.94. The van der Waals surface area contributed by atoms with Crippen molar-refractivity contribution in [2.45, 2.75) is 28.9 Å². The largest absolute Gasteiger partial charge is 0.284 e. The highest BCUT2D eigenvalue weighted by atomic mass is 32.2. The quantitative estimate of drug-likeness (QED) is 0.331. The Morgan fingerprint density at radius 3 is 1.77 bits per heavy atom. The van der Waals surface area contributed by atoms with E-state index in [2.05, 4.69) is 108 Å². The first-order chi connectivity index (χ1) is 14.8. The molecule has 0 aliphatic carbocycles. The van der Waals surface area contributed by atoms with Gasteiger partial charge in [0, 0.05) is 22.9 Å². The highest BCUT2D eigenvalue weighted by Gasteiger charge is 2.27. The van der Waals surface area contributed by atoms with E-state index in [4.69, 9.17) is 0 Å². The molecule has 148 valence electrons. The summed E-state index contributed by atoms with van der Waals surface area (Å²) < 4.78 is 12.4. The van der Waals surface area contributed by atoms with Crippen LogP contribution in [0.5, 0.6) is 0 Å². The Morgan fingerprint density at radius 1 is 0.667 bits per heavy atom. The Kier molecular flexibility index (Phi) is 5.31. The van der Waals surface area contributed by atoms with E-state index < -0.39 is 10.8 Å². The normalized spacial score (nSPS) is 14.7. The van der Waals surface area contributed by atoms with E-state index in [1.54, 1.807) is 0 Å². The first kappa shape index (κ1) is 19.0. The number of hydrogen-bond acceptors (Lipinski definition) is 2. The van der Waals surface area contributed by atoms with Gasteiger partial charge in [-0.1, -0.05) is 97.1 Å². The monoisotopic (exact) mass is 409 g/mol. The molecule has 2 nitrogen and oxygen atoms in total. The fourth-order valence-electron chi connectivity index (χ4n) is 4.18. The molecule has 2 aliphatic heterocycles. The van der Waals surface area contributed by atoms with Crippen LogP contribution in [0.2, 0.25) is 0 Å². The summed E-state index contributed by atoms with van der Waals surface area (Å²) >= 11 is 0. The first-order valence-electron chi connectivity index (χ1n) is 10.2. The molecule has 2 heterocycles. The molecule has 0 aromatic heterocycles. The molecule has 1 unspecified atom stereocenters. The van der Waals surface area contributed by atoms with Crippen LogP contribution in [0.4, 0.5) is 0 Å². The van der Waals surface area contributed by atoms with Crippen LogP contribution in [-0.4, -0.2) is 9.11 Å². The predicted molar refractivity (Wildman–Crippen MR) is 122 cm³/mol. The number of rotatable bonds is 7. The summed E-state index contributed by atoms with van der Waals surface area (Å²) in [7, 11) is -0.956. The molecule has 30 heavy (non-hydrogen) atoms. The zero-order valence-corrected chi connectivity index (χ0v) is 17.5. The van der Waals surface area contributed by atoms with Gasteiger partial charge in [-0.3, -0.25) is 4.90 Å². The van der Waals surface area contributed by atoms with E-state index in [0.29, 0.717) is 0 Å². The van der Waals surface area contributed by atoms with Crippen molar-refractivity contribution in [1.29, 1.82) is 0 Å². The number of hydrogen-bond donors (Lipinski definition) is 0. The van der Waals surface area contributed by atoms with Gasteiger partial charge in [-0.15, -0.1) is 0 Å². The maximum absolute atomic E-state index is 12.4. The molecule has 1 atom stereocenters. The van der Waals surface area contributed by atoms with Crippen molar-refractivity contribution in [3.05, 3.63) is 131 Å². The van der Waals surface area contributed by atoms with Crippen molar-refractivity contribution in [3.8, 4) is 0 Å². The molecular formula is C27H23NOS. The second-order valence-electron chi connectivity index (χ2n) is 7.65. The van der Waals surface area contributed by atoms with Gasteiger partial charge in [0.2, 0.25) is 0 Å². The molecule has 0 saturated carbocycles. The van der Waals surface area contributed by atoms with Crippen LogP contribution in [0.25, 0.3) is 0 Å². The third-order valence-corrected chi connectivity index (χ3v) is 7.11. The Labute approximate surface area is 180 Å². The maximum Gasteiger partial charge on any atom is 0.0853 e. The molecule has 0 amide bonds. The SMILES string of the molecule is O=S1c2ccc(CN(Cc3ccccc3)C(c3ccccc3)c3ccccc3)c1c2. The van der Waals surface area contributed by atoms with Crippen molar-refractivity contribution in [1.82, 2.24) is 4.90 Å². The molecule has 0 spiro atoms. The number of benzene rings is 4. The van der Waals surface area contributed by atoms with E-state index in [9.17, 15) is 4.21 Å². The van der Waals surface area contributed by atoms with Gasteiger partial charge >= 0.3 is 0 Å². The zero-order valence-electron chi connectivity index (χ0n) is 16.6. The van der Waals surface area contributed by atoms with E-state index in [1.807, 2.05) is 6.07 Å². The Balaban J connectivity index is 1.58. The Morgan fingerprint density at radius 2 is 1.23 bits per heavy atom.